The van der Waals surface area contributed by atoms with Crippen LogP contribution in [0.15, 0.2) is 39.3 Å². The van der Waals surface area contributed by atoms with Gasteiger partial charge in [0.1, 0.15) is 11.3 Å². The summed E-state index contributed by atoms with van der Waals surface area (Å²) < 4.78 is 10.4. The van der Waals surface area contributed by atoms with Crippen molar-refractivity contribution < 1.29 is 8.83 Å². The second kappa shape index (κ2) is 3.32. The number of rotatable bonds is 2. The molecular formula is C9H5N3O2S. The number of hydrogen-bond acceptors (Lipinski definition) is 6. The molecule has 0 aliphatic rings. The molecule has 0 fully saturated rings. The summed E-state index contributed by atoms with van der Waals surface area (Å²) in [5.41, 5.74) is 0.660. The molecule has 0 aliphatic heterocycles. The van der Waals surface area contributed by atoms with Crippen LogP contribution in [-0.2, 0) is 0 Å². The van der Waals surface area contributed by atoms with Crippen LogP contribution in [0.2, 0.25) is 0 Å². The normalized spacial score (nSPS) is 10.7. The third-order valence-electron chi connectivity index (χ3n) is 1.83. The van der Waals surface area contributed by atoms with Crippen LogP contribution in [0.5, 0.6) is 0 Å². The van der Waals surface area contributed by atoms with E-state index in [4.69, 9.17) is 8.83 Å². The molecule has 0 unspecified atom stereocenters. The van der Waals surface area contributed by atoms with Gasteiger partial charge in [0.15, 0.2) is 12.1 Å². The van der Waals surface area contributed by atoms with E-state index in [-0.39, 0.29) is 0 Å². The Hall–Kier alpha value is -1.95. The van der Waals surface area contributed by atoms with E-state index < -0.39 is 0 Å². The molecule has 0 atom stereocenters. The Kier molecular flexibility index (Phi) is 1.85. The van der Waals surface area contributed by atoms with Gasteiger partial charge in [-0.3, -0.25) is 0 Å². The van der Waals surface area contributed by atoms with Gasteiger partial charge in [-0.1, -0.05) is 0 Å². The topological polar surface area (TPSA) is 65.0 Å². The van der Waals surface area contributed by atoms with Crippen molar-refractivity contribution in [2.45, 2.75) is 0 Å². The SMILES string of the molecule is c1coc(-c2ocnc2-c2nccs2)n1. The Morgan fingerprint density at radius 1 is 1.07 bits per heavy atom. The molecule has 0 bridgehead atoms. The smallest absolute Gasteiger partial charge is 0.265 e. The fourth-order valence-electron chi connectivity index (χ4n) is 1.23. The molecule has 0 spiro atoms. The second-order valence-corrected chi connectivity index (χ2v) is 3.60. The number of nitrogens with zero attached hydrogens (tertiary/aromatic N) is 3. The summed E-state index contributed by atoms with van der Waals surface area (Å²) in [6, 6.07) is 0. The average molecular weight is 219 g/mol. The van der Waals surface area contributed by atoms with E-state index in [0.29, 0.717) is 17.3 Å². The van der Waals surface area contributed by atoms with Gasteiger partial charge in [0.25, 0.3) is 5.89 Å². The highest BCUT2D eigenvalue weighted by Gasteiger charge is 2.17. The summed E-state index contributed by atoms with van der Waals surface area (Å²) in [5, 5.41) is 2.67. The standard InChI is InChI=1S/C9H5N3O2S/c1-3-13-8(10-1)7-6(12-5-14-7)9-11-2-4-15-9/h1-5H. The lowest BCUT2D eigenvalue weighted by atomic mass is 10.3. The van der Waals surface area contributed by atoms with Crippen LogP contribution >= 0.6 is 11.3 Å². The number of aromatic nitrogens is 3. The molecule has 0 saturated heterocycles. The predicted octanol–water partition coefficient (Wildman–Crippen LogP) is 2.45. The van der Waals surface area contributed by atoms with Gasteiger partial charge < -0.3 is 8.83 Å². The first-order chi connectivity index (χ1) is 7.45. The first kappa shape index (κ1) is 8.37. The van der Waals surface area contributed by atoms with E-state index in [2.05, 4.69) is 15.0 Å². The van der Waals surface area contributed by atoms with Crippen LogP contribution < -0.4 is 0 Å². The molecule has 15 heavy (non-hydrogen) atoms. The first-order valence-corrected chi connectivity index (χ1v) is 5.06. The van der Waals surface area contributed by atoms with E-state index in [1.165, 1.54) is 24.0 Å². The molecule has 0 aliphatic carbocycles. The maximum Gasteiger partial charge on any atom is 0.265 e. The fourth-order valence-corrected chi connectivity index (χ4v) is 1.86. The Morgan fingerprint density at radius 2 is 2.07 bits per heavy atom. The zero-order chi connectivity index (χ0) is 10.1. The van der Waals surface area contributed by atoms with Gasteiger partial charge in [0, 0.05) is 11.6 Å². The van der Waals surface area contributed by atoms with Gasteiger partial charge in [0.05, 0.1) is 6.20 Å². The highest BCUT2D eigenvalue weighted by atomic mass is 32.1. The van der Waals surface area contributed by atoms with Crippen LogP contribution in [0.4, 0.5) is 0 Å². The number of hydrogen-bond donors (Lipinski definition) is 0. The van der Waals surface area contributed by atoms with Crippen molar-refractivity contribution in [2.75, 3.05) is 0 Å². The van der Waals surface area contributed by atoms with Gasteiger partial charge in [-0.2, -0.15) is 0 Å². The quantitative estimate of drug-likeness (QED) is 0.662. The number of thiazole rings is 1. The first-order valence-electron chi connectivity index (χ1n) is 4.18. The number of oxazole rings is 2. The summed E-state index contributed by atoms with van der Waals surface area (Å²) in [4.78, 5) is 12.3. The third kappa shape index (κ3) is 1.35. The zero-order valence-electron chi connectivity index (χ0n) is 7.45. The predicted molar refractivity (Wildman–Crippen MR) is 53.1 cm³/mol. The van der Waals surface area contributed by atoms with E-state index in [1.807, 2.05) is 5.38 Å². The van der Waals surface area contributed by atoms with E-state index in [1.54, 1.807) is 12.4 Å². The maximum absolute atomic E-state index is 5.23. The van der Waals surface area contributed by atoms with Crippen molar-refractivity contribution in [1.29, 1.82) is 0 Å². The zero-order valence-corrected chi connectivity index (χ0v) is 8.27. The van der Waals surface area contributed by atoms with Gasteiger partial charge in [-0.05, 0) is 0 Å². The molecule has 0 aromatic carbocycles. The molecule has 5 nitrogen and oxygen atoms in total. The van der Waals surface area contributed by atoms with Crippen molar-refractivity contribution in [3.63, 3.8) is 0 Å². The van der Waals surface area contributed by atoms with Crippen LogP contribution in [0.1, 0.15) is 0 Å². The van der Waals surface area contributed by atoms with Crippen LogP contribution in [-0.4, -0.2) is 15.0 Å². The molecule has 6 heteroatoms. The van der Waals surface area contributed by atoms with Crippen molar-refractivity contribution in [3.8, 4) is 22.4 Å². The largest absolute Gasteiger partial charge is 0.442 e. The summed E-state index contributed by atoms with van der Waals surface area (Å²) >= 11 is 1.49. The summed E-state index contributed by atoms with van der Waals surface area (Å²) in [5.74, 6) is 0.924. The Morgan fingerprint density at radius 3 is 2.80 bits per heavy atom. The second-order valence-electron chi connectivity index (χ2n) is 2.70. The average Bonchev–Trinajstić information content (AvgIpc) is 3.01. The van der Waals surface area contributed by atoms with Gasteiger partial charge in [-0.15, -0.1) is 11.3 Å². The van der Waals surface area contributed by atoms with Crippen molar-refractivity contribution in [1.82, 2.24) is 15.0 Å². The van der Waals surface area contributed by atoms with Gasteiger partial charge in [0.2, 0.25) is 5.76 Å². The highest BCUT2D eigenvalue weighted by molar-refractivity contribution is 7.13. The molecule has 3 rings (SSSR count). The molecule has 0 radical (unpaired) electrons. The Bertz CT molecular complexity index is 493. The minimum Gasteiger partial charge on any atom is -0.442 e. The Labute approximate surface area is 88.4 Å². The minimum absolute atomic E-state index is 0.415. The minimum atomic E-state index is 0.415. The van der Waals surface area contributed by atoms with E-state index in [9.17, 15) is 0 Å². The van der Waals surface area contributed by atoms with Crippen molar-refractivity contribution >= 4 is 11.3 Å². The van der Waals surface area contributed by atoms with Crippen LogP contribution in [0.25, 0.3) is 22.4 Å². The van der Waals surface area contributed by atoms with Crippen molar-refractivity contribution in [3.05, 3.63) is 30.4 Å². The molecule has 0 amide bonds. The molecule has 3 aromatic heterocycles. The summed E-state index contributed by atoms with van der Waals surface area (Å²) in [6.07, 6.45) is 6.12. The monoisotopic (exact) mass is 219 g/mol. The highest BCUT2D eigenvalue weighted by Crippen LogP contribution is 2.30. The molecule has 3 aromatic rings. The lowest BCUT2D eigenvalue weighted by Crippen LogP contribution is -1.80. The molecule has 74 valence electrons. The van der Waals surface area contributed by atoms with E-state index in [0.717, 1.165) is 5.01 Å². The van der Waals surface area contributed by atoms with Crippen LogP contribution in [0.3, 0.4) is 0 Å². The maximum atomic E-state index is 5.23. The lowest BCUT2D eigenvalue weighted by Gasteiger charge is -1.91. The lowest BCUT2D eigenvalue weighted by molar-refractivity contribution is 0.514. The van der Waals surface area contributed by atoms with Crippen LogP contribution in [0, 0.1) is 0 Å². The molecular weight excluding hydrogens is 214 g/mol. The summed E-state index contributed by atoms with van der Waals surface area (Å²) in [6.45, 7) is 0. The van der Waals surface area contributed by atoms with Gasteiger partial charge >= 0.3 is 0 Å². The van der Waals surface area contributed by atoms with E-state index >= 15 is 0 Å². The molecule has 3 heterocycles. The van der Waals surface area contributed by atoms with Gasteiger partial charge in [-0.25, -0.2) is 15.0 Å². The Balaban J connectivity index is 2.15. The van der Waals surface area contributed by atoms with Crippen molar-refractivity contribution in [2.24, 2.45) is 0 Å². The molecule has 0 saturated carbocycles. The molecule has 0 N–H and O–H groups in total. The third-order valence-corrected chi connectivity index (χ3v) is 2.61. The summed E-state index contributed by atoms with van der Waals surface area (Å²) in [7, 11) is 0. The fraction of sp³-hybridized carbons (Fsp3) is 0.